The summed E-state index contributed by atoms with van der Waals surface area (Å²) >= 11 is 0. The molecule has 0 spiro atoms. The number of ketones is 1. The Bertz CT molecular complexity index is 392. The van der Waals surface area contributed by atoms with E-state index < -0.39 is 0 Å². The Morgan fingerprint density at radius 3 is 3.00 bits per heavy atom. The van der Waals surface area contributed by atoms with Gasteiger partial charge in [-0.3, -0.25) is 4.79 Å². The minimum Gasteiger partial charge on any atom is -0.393 e. The summed E-state index contributed by atoms with van der Waals surface area (Å²) in [6.45, 7) is 0. The van der Waals surface area contributed by atoms with Crippen molar-refractivity contribution in [3.05, 3.63) is 23.3 Å². The molecule has 0 aromatic heterocycles. The van der Waals surface area contributed by atoms with Gasteiger partial charge in [0.1, 0.15) is 0 Å². The second kappa shape index (κ2) is 4.41. The third-order valence-corrected chi connectivity index (χ3v) is 4.52. The second-order valence-electron chi connectivity index (χ2n) is 5.73. The highest BCUT2D eigenvalue weighted by atomic mass is 16.3. The van der Waals surface area contributed by atoms with Gasteiger partial charge in [-0.25, -0.2) is 0 Å². The fraction of sp³-hybridized carbons (Fsp3) is 0.667. The van der Waals surface area contributed by atoms with Crippen LogP contribution in [0, 0.1) is 11.8 Å². The molecule has 0 aromatic carbocycles. The molecule has 3 atom stereocenters. The maximum Gasteiger partial charge on any atom is 0.159 e. The Morgan fingerprint density at radius 2 is 2.12 bits per heavy atom. The van der Waals surface area contributed by atoms with E-state index in [4.69, 9.17) is 0 Å². The van der Waals surface area contributed by atoms with Gasteiger partial charge in [0.15, 0.2) is 5.78 Å². The first-order valence-corrected chi connectivity index (χ1v) is 6.85. The summed E-state index contributed by atoms with van der Waals surface area (Å²) in [7, 11) is 0. The average molecular weight is 232 g/mol. The van der Waals surface area contributed by atoms with Gasteiger partial charge in [-0.1, -0.05) is 23.6 Å². The number of aliphatic hydroxyl groups excluding tert-OH is 1. The fourth-order valence-electron chi connectivity index (χ4n) is 3.60. The summed E-state index contributed by atoms with van der Waals surface area (Å²) in [5.74, 6) is 0.816. The standard InChI is InChI=1S/C15H20O2/c16-13-6-5-11-7-12(8-13)15(17)9-10-3-1-2-4-14(10)11/h5,9,12-14,16H,1-4,6-8H2/t12-,13-,14-/m0/s1. The minimum absolute atomic E-state index is 0.0387. The Hall–Kier alpha value is -0.890. The molecule has 0 aromatic rings. The van der Waals surface area contributed by atoms with Gasteiger partial charge >= 0.3 is 0 Å². The number of carbonyl (C=O) groups is 1. The number of aliphatic hydroxyl groups is 1. The smallest absolute Gasteiger partial charge is 0.159 e. The fourth-order valence-corrected chi connectivity index (χ4v) is 3.60. The zero-order valence-corrected chi connectivity index (χ0v) is 10.2. The van der Waals surface area contributed by atoms with Gasteiger partial charge in [-0.05, 0) is 44.6 Å². The van der Waals surface area contributed by atoms with Crippen LogP contribution in [-0.4, -0.2) is 17.0 Å². The van der Waals surface area contributed by atoms with E-state index in [2.05, 4.69) is 6.08 Å². The molecule has 1 N–H and O–H groups in total. The lowest BCUT2D eigenvalue weighted by atomic mass is 9.79. The lowest BCUT2D eigenvalue weighted by Gasteiger charge is -2.26. The van der Waals surface area contributed by atoms with Gasteiger partial charge in [-0.15, -0.1) is 0 Å². The number of carbonyl (C=O) groups excluding carboxylic acids is 1. The third-order valence-electron chi connectivity index (χ3n) is 4.52. The molecule has 0 heterocycles. The Kier molecular flexibility index (Phi) is 2.91. The van der Waals surface area contributed by atoms with Crippen LogP contribution in [0.1, 0.15) is 44.9 Å². The molecule has 0 amide bonds. The third kappa shape index (κ3) is 2.11. The molecule has 0 radical (unpaired) electrons. The zero-order valence-electron chi connectivity index (χ0n) is 10.2. The van der Waals surface area contributed by atoms with Crippen LogP contribution >= 0.6 is 0 Å². The highest BCUT2D eigenvalue weighted by molar-refractivity contribution is 5.93. The van der Waals surface area contributed by atoms with Crippen molar-refractivity contribution in [1.29, 1.82) is 0 Å². The van der Waals surface area contributed by atoms with Crippen molar-refractivity contribution in [1.82, 2.24) is 0 Å². The van der Waals surface area contributed by atoms with Crippen LogP contribution < -0.4 is 0 Å². The molecule has 17 heavy (non-hydrogen) atoms. The van der Waals surface area contributed by atoms with Crippen molar-refractivity contribution in [2.45, 2.75) is 51.0 Å². The molecule has 0 aliphatic heterocycles. The van der Waals surface area contributed by atoms with E-state index in [1.807, 2.05) is 6.08 Å². The van der Waals surface area contributed by atoms with Crippen LogP contribution in [0.5, 0.6) is 0 Å². The van der Waals surface area contributed by atoms with Crippen LogP contribution in [-0.2, 0) is 4.79 Å². The van der Waals surface area contributed by atoms with E-state index in [9.17, 15) is 9.90 Å². The summed E-state index contributed by atoms with van der Waals surface area (Å²) in [5.41, 5.74) is 2.80. The average Bonchev–Trinajstić information content (AvgIpc) is 2.58. The maximum atomic E-state index is 12.2. The van der Waals surface area contributed by atoms with Crippen molar-refractivity contribution in [2.24, 2.45) is 11.8 Å². The molecule has 1 fully saturated rings. The van der Waals surface area contributed by atoms with Crippen molar-refractivity contribution in [3.63, 3.8) is 0 Å². The number of hydrogen-bond acceptors (Lipinski definition) is 2. The normalized spacial score (nSPS) is 37.5. The van der Waals surface area contributed by atoms with Crippen LogP contribution in [0.4, 0.5) is 0 Å². The summed E-state index contributed by atoms with van der Waals surface area (Å²) in [6, 6.07) is 0. The molecule has 0 saturated heterocycles. The summed E-state index contributed by atoms with van der Waals surface area (Å²) in [6.07, 6.45) is 10.9. The molecule has 92 valence electrons. The first-order chi connectivity index (χ1) is 8.24. The number of hydrogen-bond donors (Lipinski definition) is 1. The van der Waals surface area contributed by atoms with E-state index in [-0.39, 0.29) is 17.8 Å². The Balaban J connectivity index is 1.98. The maximum absolute atomic E-state index is 12.2. The van der Waals surface area contributed by atoms with E-state index in [0.29, 0.717) is 12.3 Å². The number of allylic oxidation sites excluding steroid dienone is 3. The van der Waals surface area contributed by atoms with Crippen molar-refractivity contribution in [3.8, 4) is 0 Å². The lowest BCUT2D eigenvalue weighted by molar-refractivity contribution is -0.119. The van der Waals surface area contributed by atoms with E-state index in [1.54, 1.807) is 0 Å². The van der Waals surface area contributed by atoms with E-state index in [0.717, 1.165) is 19.3 Å². The predicted octanol–water partition coefficient (Wildman–Crippen LogP) is 2.77. The van der Waals surface area contributed by atoms with Crippen molar-refractivity contribution >= 4 is 5.78 Å². The molecule has 3 aliphatic carbocycles. The molecule has 1 saturated carbocycles. The predicted molar refractivity (Wildman–Crippen MR) is 66.5 cm³/mol. The van der Waals surface area contributed by atoms with Crippen LogP contribution in [0.3, 0.4) is 0 Å². The Labute approximate surface area is 102 Å². The monoisotopic (exact) mass is 232 g/mol. The summed E-state index contributed by atoms with van der Waals surface area (Å²) in [4.78, 5) is 12.2. The van der Waals surface area contributed by atoms with Gasteiger partial charge in [0.05, 0.1) is 6.10 Å². The molecular formula is C15H20O2. The molecule has 0 unspecified atom stereocenters. The highest BCUT2D eigenvalue weighted by Gasteiger charge is 2.33. The molecular weight excluding hydrogens is 212 g/mol. The first-order valence-electron chi connectivity index (χ1n) is 6.85. The lowest BCUT2D eigenvalue weighted by Crippen LogP contribution is -2.17. The quantitative estimate of drug-likeness (QED) is 0.652. The van der Waals surface area contributed by atoms with E-state index in [1.165, 1.54) is 30.4 Å². The van der Waals surface area contributed by atoms with Gasteiger partial charge in [0, 0.05) is 11.8 Å². The van der Waals surface area contributed by atoms with Gasteiger partial charge in [0.25, 0.3) is 0 Å². The first kappa shape index (κ1) is 11.2. The van der Waals surface area contributed by atoms with Gasteiger partial charge in [0.2, 0.25) is 0 Å². The van der Waals surface area contributed by atoms with E-state index >= 15 is 0 Å². The van der Waals surface area contributed by atoms with Crippen LogP contribution in [0.25, 0.3) is 0 Å². The highest BCUT2D eigenvalue weighted by Crippen LogP contribution is 2.42. The number of fused-ring (bicyclic) bond motifs is 4. The zero-order chi connectivity index (χ0) is 11.8. The van der Waals surface area contributed by atoms with Crippen molar-refractivity contribution < 1.29 is 9.90 Å². The molecule has 3 aliphatic rings. The number of rotatable bonds is 0. The van der Waals surface area contributed by atoms with Crippen molar-refractivity contribution in [2.75, 3.05) is 0 Å². The largest absolute Gasteiger partial charge is 0.393 e. The minimum atomic E-state index is -0.319. The second-order valence-corrected chi connectivity index (χ2v) is 5.73. The SMILES string of the molecule is O=C1C=C2CCCC[C@@H]2C2=CC[C@H](O)C[C@@H]1C2. The molecule has 2 heteroatoms. The van der Waals surface area contributed by atoms with Crippen LogP contribution in [0.2, 0.25) is 0 Å². The summed E-state index contributed by atoms with van der Waals surface area (Å²) < 4.78 is 0. The van der Waals surface area contributed by atoms with Gasteiger partial charge < -0.3 is 5.11 Å². The Morgan fingerprint density at radius 1 is 1.24 bits per heavy atom. The molecule has 3 rings (SSSR count). The van der Waals surface area contributed by atoms with Crippen LogP contribution in [0.15, 0.2) is 23.3 Å². The van der Waals surface area contributed by atoms with Gasteiger partial charge in [-0.2, -0.15) is 0 Å². The molecule has 2 bridgehead atoms. The molecule has 2 nitrogen and oxygen atoms in total. The topological polar surface area (TPSA) is 37.3 Å². The summed E-state index contributed by atoms with van der Waals surface area (Å²) in [5, 5.41) is 9.82.